The molecular weight excluding hydrogens is 548 g/mol. The molecule has 2 heterocycles. The number of hydrogen-bond acceptors (Lipinski definition) is 3. The van der Waals surface area contributed by atoms with Gasteiger partial charge >= 0.3 is 0 Å². The van der Waals surface area contributed by atoms with Crippen LogP contribution in [0.1, 0.15) is 0 Å². The van der Waals surface area contributed by atoms with Crippen molar-refractivity contribution in [3.63, 3.8) is 0 Å². The Balaban J connectivity index is 1.22. The SMILES string of the molecule is c1ccc(-c2ccc(-c3cc(-c4ccc(-c5ccccc5)cc4)c4nn(-c5ccc(-c6cccnc6)cc5)nc4c3)cc2)cc1. The van der Waals surface area contributed by atoms with Gasteiger partial charge in [-0.15, -0.1) is 10.2 Å². The van der Waals surface area contributed by atoms with Crippen LogP contribution < -0.4 is 0 Å². The molecule has 0 unspecified atom stereocenters. The lowest BCUT2D eigenvalue weighted by atomic mass is 9.95. The van der Waals surface area contributed by atoms with Gasteiger partial charge in [0.15, 0.2) is 0 Å². The summed E-state index contributed by atoms with van der Waals surface area (Å²) in [7, 11) is 0. The molecule has 0 spiro atoms. The van der Waals surface area contributed by atoms with Crippen LogP contribution in [0.5, 0.6) is 0 Å². The van der Waals surface area contributed by atoms with E-state index in [0.29, 0.717) is 0 Å². The van der Waals surface area contributed by atoms with Gasteiger partial charge in [0, 0.05) is 18.0 Å². The molecule has 45 heavy (non-hydrogen) atoms. The van der Waals surface area contributed by atoms with E-state index in [1.54, 1.807) is 11.0 Å². The van der Waals surface area contributed by atoms with Crippen LogP contribution in [0.3, 0.4) is 0 Å². The average molecular weight is 577 g/mol. The largest absolute Gasteiger partial charge is 0.264 e. The predicted octanol–water partition coefficient (Wildman–Crippen LogP) is 10.2. The second kappa shape index (κ2) is 11.5. The highest BCUT2D eigenvalue weighted by Crippen LogP contribution is 2.35. The first kappa shape index (κ1) is 26.5. The van der Waals surface area contributed by atoms with Gasteiger partial charge in [0.25, 0.3) is 0 Å². The minimum atomic E-state index is 0.845. The third-order valence-electron chi connectivity index (χ3n) is 8.21. The van der Waals surface area contributed by atoms with E-state index < -0.39 is 0 Å². The standard InChI is InChI=1S/C41H28N4/c1-3-8-29(9-4-1)31-13-15-34(16-14-31)37-26-39(35-19-17-32(18-20-35)30-10-5-2-6-11-30)41-40(27-37)43-45(44-41)38-23-21-33(22-24-38)36-12-7-25-42-28-36/h1-28H. The van der Waals surface area contributed by atoms with Gasteiger partial charge in [-0.2, -0.15) is 4.80 Å². The van der Waals surface area contributed by atoms with Crippen molar-refractivity contribution >= 4 is 11.0 Å². The fraction of sp³-hybridized carbons (Fsp3) is 0. The first-order chi connectivity index (χ1) is 22.3. The molecule has 0 aliphatic heterocycles. The molecule has 0 saturated carbocycles. The Hall–Kier alpha value is -6.13. The van der Waals surface area contributed by atoms with Crippen molar-refractivity contribution in [1.82, 2.24) is 20.0 Å². The van der Waals surface area contributed by atoms with E-state index >= 15 is 0 Å². The lowest BCUT2D eigenvalue weighted by molar-refractivity contribution is 0.766. The zero-order valence-corrected chi connectivity index (χ0v) is 24.5. The Morgan fingerprint density at radius 1 is 0.378 bits per heavy atom. The summed E-state index contributed by atoms with van der Waals surface area (Å²) in [6.45, 7) is 0. The van der Waals surface area contributed by atoms with E-state index in [9.17, 15) is 0 Å². The minimum absolute atomic E-state index is 0.845. The van der Waals surface area contributed by atoms with Crippen molar-refractivity contribution < 1.29 is 0 Å². The third-order valence-corrected chi connectivity index (χ3v) is 8.21. The van der Waals surface area contributed by atoms with E-state index in [1.807, 2.05) is 24.4 Å². The fourth-order valence-electron chi connectivity index (χ4n) is 5.80. The summed E-state index contributed by atoms with van der Waals surface area (Å²) in [5.41, 5.74) is 13.9. The molecule has 212 valence electrons. The van der Waals surface area contributed by atoms with E-state index in [4.69, 9.17) is 10.2 Å². The van der Waals surface area contributed by atoms with Crippen LogP contribution in [0.25, 0.3) is 72.4 Å². The lowest BCUT2D eigenvalue weighted by Crippen LogP contribution is -1.98. The van der Waals surface area contributed by atoms with Crippen LogP contribution in [-0.4, -0.2) is 20.0 Å². The second-order valence-corrected chi connectivity index (χ2v) is 11.1. The Kier molecular flexibility index (Phi) is 6.78. The maximum atomic E-state index is 5.02. The van der Waals surface area contributed by atoms with Gasteiger partial charge in [-0.1, -0.05) is 127 Å². The van der Waals surface area contributed by atoms with Gasteiger partial charge in [0.1, 0.15) is 11.0 Å². The molecule has 4 nitrogen and oxygen atoms in total. The van der Waals surface area contributed by atoms with Gasteiger partial charge < -0.3 is 0 Å². The maximum absolute atomic E-state index is 5.02. The molecule has 2 aromatic heterocycles. The van der Waals surface area contributed by atoms with Crippen molar-refractivity contribution in [2.75, 3.05) is 0 Å². The highest BCUT2D eigenvalue weighted by atomic mass is 15.5. The van der Waals surface area contributed by atoms with Crippen LogP contribution in [0.2, 0.25) is 0 Å². The average Bonchev–Trinajstić information content (AvgIpc) is 3.57. The molecule has 0 aliphatic carbocycles. The van der Waals surface area contributed by atoms with Crippen LogP contribution >= 0.6 is 0 Å². The summed E-state index contributed by atoms with van der Waals surface area (Å²) in [5.74, 6) is 0. The zero-order valence-electron chi connectivity index (χ0n) is 24.5. The summed E-state index contributed by atoms with van der Waals surface area (Å²) < 4.78 is 0. The molecule has 0 radical (unpaired) electrons. The first-order valence-corrected chi connectivity index (χ1v) is 15.0. The molecule has 6 aromatic carbocycles. The predicted molar refractivity (Wildman–Crippen MR) is 184 cm³/mol. The topological polar surface area (TPSA) is 43.6 Å². The van der Waals surface area contributed by atoms with Crippen molar-refractivity contribution in [2.24, 2.45) is 0 Å². The van der Waals surface area contributed by atoms with Crippen molar-refractivity contribution in [3.05, 3.63) is 170 Å². The summed E-state index contributed by atoms with van der Waals surface area (Å²) in [4.78, 5) is 5.99. The molecule has 8 aromatic rings. The van der Waals surface area contributed by atoms with Crippen LogP contribution in [-0.2, 0) is 0 Å². The number of aromatic nitrogens is 4. The molecule has 0 fully saturated rings. The fourth-order valence-corrected chi connectivity index (χ4v) is 5.80. The molecule has 0 N–H and O–H groups in total. The lowest BCUT2D eigenvalue weighted by Gasteiger charge is -2.09. The number of nitrogens with zero attached hydrogens (tertiary/aromatic N) is 4. The Bertz CT molecular complexity index is 2200. The highest BCUT2D eigenvalue weighted by Gasteiger charge is 2.15. The summed E-state index contributed by atoms with van der Waals surface area (Å²) >= 11 is 0. The van der Waals surface area contributed by atoms with Crippen LogP contribution in [0.4, 0.5) is 0 Å². The molecule has 8 rings (SSSR count). The Morgan fingerprint density at radius 2 is 0.867 bits per heavy atom. The molecule has 0 aliphatic rings. The molecule has 0 atom stereocenters. The molecular formula is C41H28N4. The molecule has 4 heteroatoms. The van der Waals surface area contributed by atoms with E-state index in [2.05, 4.69) is 145 Å². The van der Waals surface area contributed by atoms with E-state index in [1.165, 1.54) is 22.3 Å². The smallest absolute Gasteiger partial charge is 0.121 e. The van der Waals surface area contributed by atoms with Gasteiger partial charge in [-0.05, 0) is 80.4 Å². The second-order valence-electron chi connectivity index (χ2n) is 11.1. The zero-order chi connectivity index (χ0) is 30.0. The Labute approximate surface area is 261 Å². The Morgan fingerprint density at radius 3 is 1.44 bits per heavy atom. The van der Waals surface area contributed by atoms with Gasteiger partial charge in [-0.3, -0.25) is 4.98 Å². The quantitative estimate of drug-likeness (QED) is 0.198. The van der Waals surface area contributed by atoms with Gasteiger partial charge in [-0.25, -0.2) is 0 Å². The molecule has 0 saturated heterocycles. The number of rotatable bonds is 6. The molecule has 0 amide bonds. The van der Waals surface area contributed by atoms with Crippen LogP contribution in [0.15, 0.2) is 170 Å². The monoisotopic (exact) mass is 576 g/mol. The van der Waals surface area contributed by atoms with Gasteiger partial charge in [0.05, 0.1) is 5.69 Å². The maximum Gasteiger partial charge on any atom is 0.121 e. The van der Waals surface area contributed by atoms with E-state index in [0.717, 1.165) is 50.1 Å². The van der Waals surface area contributed by atoms with Crippen molar-refractivity contribution in [2.45, 2.75) is 0 Å². The minimum Gasteiger partial charge on any atom is -0.264 e. The number of fused-ring (bicyclic) bond motifs is 1. The normalized spacial score (nSPS) is 11.1. The highest BCUT2D eigenvalue weighted by molar-refractivity contribution is 5.96. The van der Waals surface area contributed by atoms with Crippen LogP contribution in [0, 0.1) is 0 Å². The summed E-state index contributed by atoms with van der Waals surface area (Å²) in [5, 5.41) is 10.0. The third kappa shape index (κ3) is 5.30. The molecule has 0 bridgehead atoms. The van der Waals surface area contributed by atoms with Gasteiger partial charge in [0.2, 0.25) is 0 Å². The van der Waals surface area contributed by atoms with E-state index in [-0.39, 0.29) is 0 Å². The van der Waals surface area contributed by atoms with Crippen molar-refractivity contribution in [3.8, 4) is 61.3 Å². The number of hydrogen-bond donors (Lipinski definition) is 0. The van der Waals surface area contributed by atoms with Crippen molar-refractivity contribution in [1.29, 1.82) is 0 Å². The number of pyridine rings is 1. The first-order valence-electron chi connectivity index (χ1n) is 15.0. The number of benzene rings is 6. The summed E-state index contributed by atoms with van der Waals surface area (Å²) in [6, 6.07) is 55.1. The summed E-state index contributed by atoms with van der Waals surface area (Å²) in [6.07, 6.45) is 3.66.